The quantitative estimate of drug-likeness (QED) is 0.426. The molecule has 1 amide bonds. The molecule has 3 N–H and O–H groups in total. The minimum Gasteiger partial charge on any atom is -0.370 e. The molecule has 1 aromatic rings. The zero-order chi connectivity index (χ0) is 13.5. The Hall–Kier alpha value is -1.93. The number of pyridine rings is 1. The van der Waals surface area contributed by atoms with Crippen LogP contribution in [-0.4, -0.2) is 35.6 Å². The number of ether oxygens (including phenoxy) is 1. The zero-order valence-electron chi connectivity index (χ0n) is 9.26. The third-order valence-electron chi connectivity index (χ3n) is 1.81. The van der Waals surface area contributed by atoms with E-state index in [2.05, 4.69) is 10.3 Å². The second-order valence-corrected chi connectivity index (χ2v) is 3.66. The number of rotatable bonds is 7. The van der Waals surface area contributed by atoms with Crippen molar-refractivity contribution in [1.29, 1.82) is 0 Å². The fourth-order valence-corrected chi connectivity index (χ4v) is 1.27. The summed E-state index contributed by atoms with van der Waals surface area (Å²) in [6, 6.07) is 1.20. The number of nitrogens with two attached hydrogens (primary N) is 1. The number of hydrogen-bond acceptors (Lipinski definition) is 6. The summed E-state index contributed by atoms with van der Waals surface area (Å²) >= 11 is 5.61. The van der Waals surface area contributed by atoms with E-state index in [1.54, 1.807) is 0 Å². The van der Waals surface area contributed by atoms with Crippen molar-refractivity contribution in [2.45, 2.75) is 0 Å². The van der Waals surface area contributed by atoms with Gasteiger partial charge in [0.1, 0.15) is 6.61 Å². The molecule has 98 valence electrons. The molecule has 0 atom stereocenters. The smallest absolute Gasteiger partial charge is 0.312 e. The highest BCUT2D eigenvalue weighted by atomic mass is 35.5. The molecule has 1 rings (SSSR count). The Kier molecular flexibility index (Phi) is 5.28. The van der Waals surface area contributed by atoms with Crippen molar-refractivity contribution in [3.8, 4) is 0 Å². The van der Waals surface area contributed by atoms with Gasteiger partial charge in [0.25, 0.3) is 0 Å². The molecule has 18 heavy (non-hydrogen) atoms. The van der Waals surface area contributed by atoms with Crippen molar-refractivity contribution in [2.24, 2.45) is 5.73 Å². The molecule has 0 aliphatic carbocycles. The van der Waals surface area contributed by atoms with Gasteiger partial charge in [-0.25, -0.2) is 4.98 Å². The van der Waals surface area contributed by atoms with Crippen LogP contribution < -0.4 is 11.1 Å². The molecular weight excluding hydrogens is 264 g/mol. The van der Waals surface area contributed by atoms with Crippen molar-refractivity contribution in [3.63, 3.8) is 0 Å². The molecule has 0 radical (unpaired) electrons. The van der Waals surface area contributed by atoms with Crippen LogP contribution in [0.1, 0.15) is 0 Å². The predicted octanol–water partition coefficient (Wildman–Crippen LogP) is 0.557. The van der Waals surface area contributed by atoms with Crippen LogP contribution in [0.5, 0.6) is 0 Å². The third kappa shape index (κ3) is 4.52. The van der Waals surface area contributed by atoms with Gasteiger partial charge in [0.05, 0.1) is 16.6 Å². The van der Waals surface area contributed by atoms with Crippen LogP contribution in [0.25, 0.3) is 0 Å². The number of hydrogen-bond donors (Lipinski definition) is 2. The number of carbonyl (C=O) groups is 1. The van der Waals surface area contributed by atoms with Crippen LogP contribution in [0.3, 0.4) is 0 Å². The molecule has 0 spiro atoms. The third-order valence-corrected chi connectivity index (χ3v) is 2.02. The largest absolute Gasteiger partial charge is 0.370 e. The van der Waals surface area contributed by atoms with Gasteiger partial charge >= 0.3 is 5.69 Å². The van der Waals surface area contributed by atoms with Crippen LogP contribution in [0, 0.1) is 10.1 Å². The summed E-state index contributed by atoms with van der Waals surface area (Å²) in [5, 5.41) is 13.6. The lowest BCUT2D eigenvalue weighted by Gasteiger charge is -2.06. The molecule has 9 heteroatoms. The van der Waals surface area contributed by atoms with Gasteiger partial charge in [-0.2, -0.15) is 0 Å². The minimum absolute atomic E-state index is 0.0899. The summed E-state index contributed by atoms with van der Waals surface area (Å²) < 4.78 is 4.88. The van der Waals surface area contributed by atoms with Gasteiger partial charge in [-0.15, -0.1) is 0 Å². The van der Waals surface area contributed by atoms with Gasteiger partial charge in [0.2, 0.25) is 11.7 Å². The molecule has 1 aromatic heterocycles. The number of aromatic nitrogens is 1. The second kappa shape index (κ2) is 6.72. The molecule has 0 saturated heterocycles. The van der Waals surface area contributed by atoms with E-state index in [1.807, 2.05) is 0 Å². The number of halogens is 1. The maximum atomic E-state index is 10.7. The maximum Gasteiger partial charge on any atom is 0.312 e. The average molecular weight is 275 g/mol. The Morgan fingerprint density at radius 3 is 3.00 bits per heavy atom. The predicted molar refractivity (Wildman–Crippen MR) is 64.4 cm³/mol. The molecular formula is C9H11ClN4O4. The highest BCUT2D eigenvalue weighted by molar-refractivity contribution is 6.30. The summed E-state index contributed by atoms with van der Waals surface area (Å²) in [7, 11) is 0. The maximum absolute atomic E-state index is 10.7. The summed E-state index contributed by atoms with van der Waals surface area (Å²) in [5.41, 5.74) is 4.64. The summed E-state index contributed by atoms with van der Waals surface area (Å²) in [5.74, 6) is -0.488. The van der Waals surface area contributed by atoms with Crippen molar-refractivity contribution >= 4 is 29.0 Å². The van der Waals surface area contributed by atoms with Crippen LogP contribution in [0.15, 0.2) is 12.3 Å². The molecule has 0 aromatic carbocycles. The molecule has 1 heterocycles. The number of nitrogens with zero attached hydrogens (tertiary/aromatic N) is 2. The van der Waals surface area contributed by atoms with E-state index in [0.29, 0.717) is 0 Å². The molecule has 0 unspecified atom stereocenters. The van der Waals surface area contributed by atoms with E-state index in [1.165, 1.54) is 12.3 Å². The fourth-order valence-electron chi connectivity index (χ4n) is 1.12. The lowest BCUT2D eigenvalue weighted by atomic mass is 10.4. The van der Waals surface area contributed by atoms with Gasteiger partial charge in [0, 0.05) is 18.8 Å². The van der Waals surface area contributed by atoms with Crippen molar-refractivity contribution in [3.05, 3.63) is 27.4 Å². The lowest BCUT2D eigenvalue weighted by molar-refractivity contribution is -0.384. The van der Waals surface area contributed by atoms with Crippen LogP contribution >= 0.6 is 11.6 Å². The Bertz CT molecular complexity index is 454. The molecule has 0 fully saturated rings. The lowest BCUT2D eigenvalue weighted by Crippen LogP contribution is -2.20. The number of anilines is 1. The Balaban J connectivity index is 2.51. The summed E-state index contributed by atoms with van der Waals surface area (Å²) in [6.07, 6.45) is 1.29. The first kappa shape index (κ1) is 14.1. The van der Waals surface area contributed by atoms with Gasteiger partial charge in [0.15, 0.2) is 0 Å². The number of nitro groups is 1. The van der Waals surface area contributed by atoms with E-state index in [9.17, 15) is 14.9 Å². The normalized spacial score (nSPS) is 10.1. The second-order valence-electron chi connectivity index (χ2n) is 3.22. The average Bonchev–Trinajstić information content (AvgIpc) is 2.29. The van der Waals surface area contributed by atoms with Gasteiger partial charge in [-0.1, -0.05) is 11.6 Å². The Morgan fingerprint density at radius 1 is 1.67 bits per heavy atom. The van der Waals surface area contributed by atoms with Gasteiger partial charge in [-0.3, -0.25) is 14.9 Å². The molecule has 0 aliphatic rings. The monoisotopic (exact) mass is 274 g/mol. The van der Waals surface area contributed by atoms with Gasteiger partial charge < -0.3 is 15.8 Å². The highest BCUT2D eigenvalue weighted by Crippen LogP contribution is 2.24. The zero-order valence-corrected chi connectivity index (χ0v) is 10.0. The van der Waals surface area contributed by atoms with Crippen LogP contribution in [0.4, 0.5) is 11.5 Å². The molecule has 0 bridgehead atoms. The SMILES string of the molecule is NC(=O)COCCNc1ncc(Cl)cc1[N+](=O)[O-]. The van der Waals surface area contributed by atoms with Crippen molar-refractivity contribution < 1.29 is 14.5 Å². The Morgan fingerprint density at radius 2 is 2.39 bits per heavy atom. The van der Waals surface area contributed by atoms with E-state index in [0.717, 1.165) is 0 Å². The topological polar surface area (TPSA) is 120 Å². The molecule has 0 saturated carbocycles. The molecule has 8 nitrogen and oxygen atoms in total. The van der Waals surface area contributed by atoms with E-state index in [-0.39, 0.29) is 36.3 Å². The summed E-state index contributed by atoms with van der Waals surface area (Å²) in [6.45, 7) is 0.227. The van der Waals surface area contributed by atoms with Crippen molar-refractivity contribution in [1.82, 2.24) is 4.98 Å². The molecule has 0 aliphatic heterocycles. The highest BCUT2D eigenvalue weighted by Gasteiger charge is 2.15. The number of amides is 1. The van der Waals surface area contributed by atoms with E-state index >= 15 is 0 Å². The van der Waals surface area contributed by atoms with Crippen LogP contribution in [0.2, 0.25) is 5.02 Å². The number of carbonyl (C=O) groups excluding carboxylic acids is 1. The number of nitrogens with one attached hydrogen (secondary N) is 1. The standard InChI is InChI=1S/C9H11ClN4O4/c10-6-3-7(14(16)17)9(13-4-6)12-1-2-18-5-8(11)15/h3-4H,1-2,5H2,(H2,11,15)(H,12,13). The first-order valence-corrected chi connectivity index (χ1v) is 5.28. The minimum atomic E-state index is -0.592. The van der Waals surface area contributed by atoms with Crippen LogP contribution in [-0.2, 0) is 9.53 Å². The first-order valence-electron chi connectivity index (χ1n) is 4.90. The first-order chi connectivity index (χ1) is 8.50. The Labute approximate surface area is 107 Å². The van der Waals surface area contributed by atoms with E-state index < -0.39 is 10.8 Å². The van der Waals surface area contributed by atoms with E-state index in [4.69, 9.17) is 22.1 Å². The van der Waals surface area contributed by atoms with Crippen molar-refractivity contribution in [2.75, 3.05) is 25.1 Å². The summed E-state index contributed by atoms with van der Waals surface area (Å²) in [4.78, 5) is 24.3. The fraction of sp³-hybridized carbons (Fsp3) is 0.333. The van der Waals surface area contributed by atoms with Gasteiger partial charge in [-0.05, 0) is 0 Å². The number of primary amides is 1.